The fraction of sp³-hybridized carbons (Fsp3) is 0.667. The summed E-state index contributed by atoms with van der Waals surface area (Å²) in [6, 6.07) is 5.51. The summed E-state index contributed by atoms with van der Waals surface area (Å²) in [7, 11) is 0. The number of hydrogen-bond donors (Lipinski definition) is 1. The van der Waals surface area contributed by atoms with Crippen molar-refractivity contribution in [3.63, 3.8) is 0 Å². The largest absolute Gasteiger partial charge is 0.483 e. The molecule has 0 aliphatic carbocycles. The first-order chi connectivity index (χ1) is 18.1. The van der Waals surface area contributed by atoms with Gasteiger partial charge in [-0.2, -0.15) is 8.78 Å². The van der Waals surface area contributed by atoms with Crippen LogP contribution in [0.1, 0.15) is 105 Å². The third-order valence-electron chi connectivity index (χ3n) is 4.75. The van der Waals surface area contributed by atoms with E-state index in [4.69, 9.17) is 9.90 Å². The number of ether oxygens (including phenoxy) is 1. The fourth-order valence-corrected chi connectivity index (χ4v) is 4.39. The van der Waals surface area contributed by atoms with Gasteiger partial charge in [0, 0.05) is 23.7 Å². The molecular weight excluding hydrogens is 506 g/mol. The first kappa shape index (κ1) is 40.4. The maximum atomic E-state index is 12.7. The molecule has 0 bridgehead atoms. The summed E-state index contributed by atoms with van der Waals surface area (Å²) in [5.74, 6) is 1.73. The molecule has 2 unspecified atom stereocenters. The Labute approximate surface area is 235 Å². The van der Waals surface area contributed by atoms with E-state index in [1.165, 1.54) is 12.8 Å². The van der Waals surface area contributed by atoms with Crippen LogP contribution in [0.4, 0.5) is 8.78 Å². The van der Waals surface area contributed by atoms with Crippen molar-refractivity contribution in [2.45, 2.75) is 109 Å². The average Bonchev–Trinajstić information content (AvgIpc) is 3.38. The molecule has 3 rings (SSSR count). The number of rotatable bonds is 5. The second-order valence-electron chi connectivity index (χ2n) is 8.70. The van der Waals surface area contributed by atoms with E-state index in [2.05, 4.69) is 49.2 Å². The molecular formula is C30H54F2N2O3S. The SMILES string of the molecule is CC.CC.CC.CC(C)C.Cc1ccc(OC(F)F)c(-c2ncc(C(C)N3CCCC(C)C3)s2)c1.O=CO. The number of hydrogen-bond acceptors (Lipinski definition) is 5. The third-order valence-corrected chi connectivity index (χ3v) is 5.95. The zero-order valence-electron chi connectivity index (χ0n) is 25.8. The standard InChI is InChI=1S/C19H24F2N2OS.C4H10.3C2H6.CH2O2/c1-12-6-7-16(24-19(20)21)15(9-12)18-22-10-17(25-18)14(3)23-8-4-5-13(2)11-23;1-4(2)3;3*1-2;2-1-3/h6-7,9-10,13-14,19H,4-5,8,11H2,1-3H3;4H,1-3H3;3*1-2H3;1H,(H,2,3). The normalized spacial score (nSPS) is 14.9. The first-order valence-electron chi connectivity index (χ1n) is 13.9. The van der Waals surface area contributed by atoms with Crippen molar-refractivity contribution < 1.29 is 23.4 Å². The topological polar surface area (TPSA) is 62.7 Å². The van der Waals surface area contributed by atoms with Crippen LogP contribution in [0.2, 0.25) is 0 Å². The van der Waals surface area contributed by atoms with Crippen LogP contribution in [0.25, 0.3) is 10.6 Å². The van der Waals surface area contributed by atoms with E-state index in [0.717, 1.165) is 34.5 Å². The Kier molecular flexibility index (Phi) is 26.8. The summed E-state index contributed by atoms with van der Waals surface area (Å²) in [5.41, 5.74) is 1.63. The smallest absolute Gasteiger partial charge is 0.387 e. The van der Waals surface area contributed by atoms with Gasteiger partial charge in [0.2, 0.25) is 0 Å². The molecule has 1 saturated heterocycles. The van der Waals surface area contributed by atoms with E-state index in [1.54, 1.807) is 23.5 Å². The Bertz CT molecular complexity index is 814. The van der Waals surface area contributed by atoms with Gasteiger partial charge in [0.05, 0.1) is 5.56 Å². The number of aryl methyl sites for hydroxylation is 1. The minimum atomic E-state index is -2.84. The maximum Gasteiger partial charge on any atom is 0.387 e. The minimum Gasteiger partial charge on any atom is -0.483 e. The molecule has 1 aliphatic rings. The summed E-state index contributed by atoms with van der Waals surface area (Å²) in [6.07, 6.45) is 4.38. The highest BCUT2D eigenvalue weighted by Gasteiger charge is 2.24. The lowest BCUT2D eigenvalue weighted by Crippen LogP contribution is -2.35. The van der Waals surface area contributed by atoms with E-state index >= 15 is 0 Å². The summed E-state index contributed by atoms with van der Waals surface area (Å²) >= 11 is 1.56. The van der Waals surface area contributed by atoms with Crippen molar-refractivity contribution >= 4 is 17.8 Å². The molecule has 38 heavy (non-hydrogen) atoms. The van der Waals surface area contributed by atoms with Gasteiger partial charge >= 0.3 is 6.61 Å². The molecule has 1 aromatic heterocycles. The van der Waals surface area contributed by atoms with Crippen molar-refractivity contribution in [1.82, 2.24) is 9.88 Å². The van der Waals surface area contributed by atoms with Crippen LogP contribution in [-0.2, 0) is 4.79 Å². The number of nitrogens with zero attached hydrogens (tertiary/aromatic N) is 2. The molecule has 1 fully saturated rings. The number of thiazole rings is 1. The van der Waals surface area contributed by atoms with Gasteiger partial charge in [-0.05, 0) is 57.2 Å². The monoisotopic (exact) mass is 560 g/mol. The summed E-state index contributed by atoms with van der Waals surface area (Å²) < 4.78 is 30.0. The molecule has 0 radical (unpaired) electrons. The summed E-state index contributed by atoms with van der Waals surface area (Å²) in [4.78, 5) is 16.5. The maximum absolute atomic E-state index is 12.7. The van der Waals surface area contributed by atoms with E-state index in [9.17, 15) is 8.78 Å². The Morgan fingerprint density at radius 1 is 1.11 bits per heavy atom. The summed E-state index contributed by atoms with van der Waals surface area (Å²) in [6.45, 7) is 24.0. The Morgan fingerprint density at radius 3 is 2.11 bits per heavy atom. The lowest BCUT2D eigenvalue weighted by atomic mass is 9.99. The molecule has 2 heterocycles. The van der Waals surface area contributed by atoms with Crippen LogP contribution in [0.5, 0.6) is 5.75 Å². The predicted octanol–water partition coefficient (Wildman–Crippen LogP) is 9.95. The lowest BCUT2D eigenvalue weighted by molar-refractivity contribution is -0.122. The zero-order valence-corrected chi connectivity index (χ0v) is 26.7. The highest BCUT2D eigenvalue weighted by molar-refractivity contribution is 7.15. The molecule has 1 aromatic carbocycles. The van der Waals surface area contributed by atoms with Crippen molar-refractivity contribution in [3.05, 3.63) is 34.8 Å². The van der Waals surface area contributed by atoms with Crippen LogP contribution in [0, 0.1) is 18.8 Å². The number of carbonyl (C=O) groups is 1. The quantitative estimate of drug-likeness (QED) is 0.369. The average molecular weight is 561 g/mol. The van der Waals surface area contributed by atoms with Crippen LogP contribution in [-0.4, -0.2) is 41.2 Å². The molecule has 1 aliphatic heterocycles. The highest BCUT2D eigenvalue weighted by Crippen LogP contribution is 2.38. The number of halogens is 2. The molecule has 8 heteroatoms. The van der Waals surface area contributed by atoms with Crippen molar-refractivity contribution in [2.24, 2.45) is 11.8 Å². The van der Waals surface area contributed by atoms with E-state index in [-0.39, 0.29) is 12.2 Å². The van der Waals surface area contributed by atoms with Crippen LogP contribution in [0.3, 0.4) is 0 Å². The Hall–Kier alpha value is -2.06. The number of alkyl halides is 2. The number of carboxylic acid groups (broad SMARTS) is 1. The van der Waals surface area contributed by atoms with Gasteiger partial charge in [-0.25, -0.2) is 4.98 Å². The molecule has 1 N–H and O–H groups in total. The zero-order chi connectivity index (χ0) is 30.3. The van der Waals surface area contributed by atoms with Gasteiger partial charge in [0.15, 0.2) is 0 Å². The second kappa shape index (κ2) is 25.2. The van der Waals surface area contributed by atoms with E-state index in [0.29, 0.717) is 17.5 Å². The molecule has 0 spiro atoms. The first-order valence-corrected chi connectivity index (χ1v) is 14.7. The lowest BCUT2D eigenvalue weighted by Gasteiger charge is -2.34. The van der Waals surface area contributed by atoms with E-state index < -0.39 is 6.61 Å². The molecule has 222 valence electrons. The molecule has 2 aromatic rings. The Morgan fingerprint density at radius 2 is 1.63 bits per heavy atom. The van der Waals surface area contributed by atoms with Gasteiger partial charge < -0.3 is 9.84 Å². The minimum absolute atomic E-state index is 0.181. The second-order valence-corrected chi connectivity index (χ2v) is 9.76. The molecule has 0 saturated carbocycles. The van der Waals surface area contributed by atoms with Gasteiger partial charge in [-0.1, -0.05) is 80.9 Å². The summed E-state index contributed by atoms with van der Waals surface area (Å²) in [5, 5.41) is 7.62. The number of aromatic nitrogens is 1. The molecule has 2 atom stereocenters. The van der Waals surface area contributed by atoms with Gasteiger partial charge in [0.25, 0.3) is 6.47 Å². The fourth-order valence-electron chi connectivity index (χ4n) is 3.37. The van der Waals surface area contributed by atoms with Gasteiger partial charge in [0.1, 0.15) is 10.8 Å². The molecule has 0 amide bonds. The van der Waals surface area contributed by atoms with Gasteiger partial charge in [-0.3, -0.25) is 9.69 Å². The number of benzene rings is 1. The Balaban J connectivity index is -0.000000807. The number of likely N-dealkylation sites (tertiary alicyclic amines) is 1. The van der Waals surface area contributed by atoms with Crippen LogP contribution < -0.4 is 4.74 Å². The van der Waals surface area contributed by atoms with Crippen molar-refractivity contribution in [2.75, 3.05) is 13.1 Å². The predicted molar refractivity (Wildman–Crippen MR) is 161 cm³/mol. The highest BCUT2D eigenvalue weighted by atomic mass is 32.1. The molecule has 5 nitrogen and oxygen atoms in total. The van der Waals surface area contributed by atoms with E-state index in [1.807, 2.05) is 60.7 Å². The van der Waals surface area contributed by atoms with Gasteiger partial charge in [-0.15, -0.1) is 11.3 Å². The third kappa shape index (κ3) is 17.4. The van der Waals surface area contributed by atoms with Crippen LogP contribution in [0.15, 0.2) is 24.4 Å². The number of piperidine rings is 1. The van der Waals surface area contributed by atoms with Crippen molar-refractivity contribution in [1.29, 1.82) is 0 Å². The van der Waals surface area contributed by atoms with Crippen LogP contribution >= 0.6 is 11.3 Å². The van der Waals surface area contributed by atoms with Crippen molar-refractivity contribution in [3.8, 4) is 16.3 Å².